The van der Waals surface area contributed by atoms with Crippen LogP contribution in [0.1, 0.15) is 17.5 Å². The van der Waals surface area contributed by atoms with Gasteiger partial charge in [0.25, 0.3) is 0 Å². The van der Waals surface area contributed by atoms with Crippen molar-refractivity contribution in [2.45, 2.75) is 25.2 Å². The van der Waals surface area contributed by atoms with Crippen LogP contribution in [0.15, 0.2) is 35.2 Å². The Balaban J connectivity index is 1.94. The highest BCUT2D eigenvalue weighted by Crippen LogP contribution is 2.39. The van der Waals surface area contributed by atoms with Gasteiger partial charge in [-0.1, -0.05) is 6.07 Å². The van der Waals surface area contributed by atoms with E-state index in [2.05, 4.69) is 11.4 Å². The Morgan fingerprint density at radius 3 is 2.59 bits per heavy atom. The molecule has 0 fully saturated rings. The maximum absolute atomic E-state index is 11.6. The Kier molecular flexibility index (Phi) is 3.98. The van der Waals surface area contributed by atoms with E-state index in [1.807, 2.05) is 32.0 Å². The predicted molar refractivity (Wildman–Crippen MR) is 90.8 cm³/mol. The number of carbonyl (C=O) groups is 1. The second-order valence-corrected chi connectivity index (χ2v) is 6.60. The Hall–Kier alpha value is -2.14. The second kappa shape index (κ2) is 5.93. The molecule has 0 unspecified atom stereocenters. The maximum Gasteiger partial charge on any atom is 0.225 e. The highest BCUT2D eigenvalue weighted by Gasteiger charge is 2.16. The number of hydrogen-bond acceptors (Lipinski definition) is 4. The molecule has 1 aliphatic heterocycles. The van der Waals surface area contributed by atoms with Gasteiger partial charge in [-0.25, -0.2) is 0 Å². The second-order valence-electron chi connectivity index (χ2n) is 5.46. The van der Waals surface area contributed by atoms with Crippen molar-refractivity contribution in [3.05, 3.63) is 41.5 Å². The summed E-state index contributed by atoms with van der Waals surface area (Å²) in [6.45, 7) is 4.07. The number of nitrogens with two attached hydrogens (primary N) is 1. The van der Waals surface area contributed by atoms with Gasteiger partial charge < -0.3 is 15.8 Å². The summed E-state index contributed by atoms with van der Waals surface area (Å²) in [7, 11) is 0. The molecule has 1 aliphatic rings. The van der Waals surface area contributed by atoms with Gasteiger partial charge in [-0.05, 0) is 49.2 Å². The fraction of sp³-hybridized carbons (Fsp3) is 0.235. The highest BCUT2D eigenvalue weighted by molar-refractivity contribution is 7.99. The molecule has 0 radical (unpaired) electrons. The molecule has 0 bridgehead atoms. The first-order valence-electron chi connectivity index (χ1n) is 7.13. The first-order chi connectivity index (χ1) is 10.5. The van der Waals surface area contributed by atoms with E-state index in [9.17, 15) is 4.79 Å². The van der Waals surface area contributed by atoms with Gasteiger partial charge in [0.05, 0.1) is 11.4 Å². The number of fused-ring (bicyclic) bond motifs is 1. The smallest absolute Gasteiger partial charge is 0.225 e. The normalized spacial score (nSPS) is 14.0. The molecule has 3 rings (SSSR count). The van der Waals surface area contributed by atoms with Crippen LogP contribution in [0.5, 0.6) is 11.5 Å². The molecule has 5 heteroatoms. The fourth-order valence-electron chi connectivity index (χ4n) is 2.47. The van der Waals surface area contributed by atoms with E-state index in [-0.39, 0.29) is 5.91 Å². The molecule has 0 saturated carbocycles. The zero-order chi connectivity index (χ0) is 15.7. The lowest BCUT2D eigenvalue weighted by atomic mass is 10.1. The van der Waals surface area contributed by atoms with Crippen molar-refractivity contribution in [1.29, 1.82) is 0 Å². The molecule has 22 heavy (non-hydrogen) atoms. The van der Waals surface area contributed by atoms with Crippen LogP contribution in [0.25, 0.3) is 0 Å². The molecule has 0 saturated heterocycles. The Morgan fingerprint density at radius 1 is 1.14 bits per heavy atom. The zero-order valence-electron chi connectivity index (χ0n) is 12.6. The summed E-state index contributed by atoms with van der Waals surface area (Å²) in [5, 5.41) is 2.88. The first-order valence-corrected chi connectivity index (χ1v) is 8.12. The molecule has 0 atom stereocenters. The number of amides is 1. The molecule has 0 aliphatic carbocycles. The van der Waals surface area contributed by atoms with Crippen molar-refractivity contribution in [2.75, 3.05) is 16.8 Å². The molecule has 0 aromatic heterocycles. The number of hydrogen-bond donors (Lipinski definition) is 2. The SMILES string of the molecule is Cc1cc(C)cc(Oc2cc3c(cc2N)NC(=O)CCS3)c1. The molecular formula is C17H18N2O2S. The molecule has 3 N–H and O–H groups in total. The number of nitrogens with one attached hydrogen (secondary N) is 1. The summed E-state index contributed by atoms with van der Waals surface area (Å²) in [6.07, 6.45) is 0.506. The lowest BCUT2D eigenvalue weighted by molar-refractivity contribution is -0.115. The molecular weight excluding hydrogens is 296 g/mol. The van der Waals surface area contributed by atoms with Gasteiger partial charge in [-0.2, -0.15) is 0 Å². The summed E-state index contributed by atoms with van der Waals surface area (Å²) in [5.41, 5.74) is 9.64. The lowest BCUT2D eigenvalue weighted by Crippen LogP contribution is -2.10. The van der Waals surface area contributed by atoms with Crippen molar-refractivity contribution in [3.8, 4) is 11.5 Å². The monoisotopic (exact) mass is 314 g/mol. The van der Waals surface area contributed by atoms with Crippen molar-refractivity contribution in [2.24, 2.45) is 0 Å². The van der Waals surface area contributed by atoms with Crippen LogP contribution < -0.4 is 15.8 Å². The average Bonchev–Trinajstić information content (AvgIpc) is 2.59. The van der Waals surface area contributed by atoms with Crippen LogP contribution in [0.4, 0.5) is 11.4 Å². The number of aryl methyl sites for hydroxylation is 2. The number of benzene rings is 2. The highest BCUT2D eigenvalue weighted by atomic mass is 32.2. The minimum atomic E-state index is 0.0219. The molecule has 0 spiro atoms. The van der Waals surface area contributed by atoms with Crippen molar-refractivity contribution in [1.82, 2.24) is 0 Å². The average molecular weight is 314 g/mol. The zero-order valence-corrected chi connectivity index (χ0v) is 13.4. The molecule has 1 amide bonds. The Labute approximate surface area is 134 Å². The summed E-state index contributed by atoms with van der Waals surface area (Å²) in [5.74, 6) is 2.17. The largest absolute Gasteiger partial charge is 0.455 e. The van der Waals surface area contributed by atoms with Crippen LogP contribution in [0, 0.1) is 13.8 Å². The van der Waals surface area contributed by atoms with Gasteiger partial charge in [0.2, 0.25) is 5.91 Å². The summed E-state index contributed by atoms with van der Waals surface area (Å²) in [4.78, 5) is 12.6. The van der Waals surface area contributed by atoms with Gasteiger partial charge in [-0.15, -0.1) is 11.8 Å². The van der Waals surface area contributed by atoms with Gasteiger partial charge in [0.15, 0.2) is 5.75 Å². The van der Waals surface area contributed by atoms with Crippen LogP contribution >= 0.6 is 11.8 Å². The maximum atomic E-state index is 11.6. The lowest BCUT2D eigenvalue weighted by Gasteiger charge is -2.14. The number of carbonyl (C=O) groups excluding carboxylic acids is 1. The number of rotatable bonds is 2. The molecule has 1 heterocycles. The quantitative estimate of drug-likeness (QED) is 0.819. The summed E-state index contributed by atoms with van der Waals surface area (Å²) >= 11 is 1.63. The van der Waals surface area contributed by atoms with Gasteiger partial charge >= 0.3 is 0 Å². The number of nitrogen functional groups attached to an aromatic ring is 1. The minimum Gasteiger partial charge on any atom is -0.455 e. The third-order valence-electron chi connectivity index (χ3n) is 3.40. The Bertz CT molecular complexity index is 723. The van der Waals surface area contributed by atoms with Crippen LogP contribution in [-0.4, -0.2) is 11.7 Å². The van der Waals surface area contributed by atoms with Gasteiger partial charge in [-0.3, -0.25) is 4.79 Å². The van der Waals surface area contributed by atoms with E-state index < -0.39 is 0 Å². The molecule has 2 aromatic rings. The van der Waals surface area contributed by atoms with Crippen molar-refractivity contribution in [3.63, 3.8) is 0 Å². The first kappa shape index (κ1) is 14.8. The topological polar surface area (TPSA) is 64.3 Å². The van der Waals surface area contributed by atoms with E-state index in [4.69, 9.17) is 10.5 Å². The third kappa shape index (κ3) is 3.20. The summed E-state index contributed by atoms with van der Waals surface area (Å²) in [6, 6.07) is 9.72. The van der Waals surface area contributed by atoms with E-state index in [1.54, 1.807) is 17.8 Å². The van der Waals surface area contributed by atoms with Crippen LogP contribution in [0.3, 0.4) is 0 Å². The van der Waals surface area contributed by atoms with E-state index in [1.165, 1.54) is 0 Å². The Morgan fingerprint density at radius 2 is 1.86 bits per heavy atom. The number of thioether (sulfide) groups is 1. The molecule has 4 nitrogen and oxygen atoms in total. The van der Waals surface area contributed by atoms with E-state index >= 15 is 0 Å². The van der Waals surface area contributed by atoms with Crippen molar-refractivity contribution < 1.29 is 9.53 Å². The molecule has 114 valence electrons. The summed E-state index contributed by atoms with van der Waals surface area (Å²) < 4.78 is 5.95. The van der Waals surface area contributed by atoms with Crippen LogP contribution in [0.2, 0.25) is 0 Å². The third-order valence-corrected chi connectivity index (χ3v) is 4.45. The number of ether oxygens (including phenoxy) is 1. The van der Waals surface area contributed by atoms with Gasteiger partial charge in [0, 0.05) is 17.1 Å². The number of anilines is 2. The minimum absolute atomic E-state index is 0.0219. The predicted octanol–water partition coefficient (Wildman–Crippen LogP) is 4.11. The van der Waals surface area contributed by atoms with E-state index in [0.29, 0.717) is 17.9 Å². The van der Waals surface area contributed by atoms with Gasteiger partial charge in [0.1, 0.15) is 5.75 Å². The fourth-order valence-corrected chi connectivity index (χ4v) is 3.43. The standard InChI is InChI=1S/C17H18N2O2S/c1-10-5-11(2)7-12(6-10)21-15-9-16-14(8-13(15)18)19-17(20)3-4-22-16/h5-9H,3-4,18H2,1-2H3,(H,19,20). The van der Waals surface area contributed by atoms with E-state index in [0.717, 1.165) is 33.2 Å². The molecule has 2 aromatic carbocycles. The van der Waals surface area contributed by atoms with Crippen LogP contribution in [-0.2, 0) is 4.79 Å². The van der Waals surface area contributed by atoms with Crippen molar-refractivity contribution >= 4 is 29.0 Å².